The number of hydrogen-bond donors (Lipinski definition) is 1. The van der Waals surface area contributed by atoms with Gasteiger partial charge in [-0.05, 0) is 25.0 Å². The topological polar surface area (TPSA) is 15.8 Å². The summed E-state index contributed by atoms with van der Waals surface area (Å²) >= 11 is 6.11. The molecular weight excluding hydrogens is 194 g/mol. The summed E-state index contributed by atoms with van der Waals surface area (Å²) in [6.07, 6.45) is 2.25. The highest BCUT2D eigenvalue weighted by Crippen LogP contribution is 2.27. The summed E-state index contributed by atoms with van der Waals surface area (Å²) in [5, 5.41) is 2.06. The van der Waals surface area contributed by atoms with E-state index in [4.69, 9.17) is 11.6 Å². The summed E-state index contributed by atoms with van der Waals surface area (Å²) in [6.45, 7) is 4.34. The van der Waals surface area contributed by atoms with Crippen LogP contribution in [0.1, 0.15) is 24.6 Å². The molecule has 74 valence electrons. The van der Waals surface area contributed by atoms with Crippen LogP contribution < -0.4 is 0 Å². The van der Waals surface area contributed by atoms with Crippen molar-refractivity contribution >= 4 is 22.5 Å². The van der Waals surface area contributed by atoms with Gasteiger partial charge in [0.15, 0.2) is 0 Å². The largest absolute Gasteiger partial charge is 0.357 e. The van der Waals surface area contributed by atoms with E-state index >= 15 is 0 Å². The van der Waals surface area contributed by atoms with Gasteiger partial charge >= 0.3 is 0 Å². The van der Waals surface area contributed by atoms with Crippen LogP contribution in [0.25, 0.3) is 10.9 Å². The van der Waals surface area contributed by atoms with E-state index in [0.717, 1.165) is 23.4 Å². The van der Waals surface area contributed by atoms with Crippen molar-refractivity contribution in [2.75, 3.05) is 0 Å². The standard InChI is InChI=1S/C12H14ClN/c1-3-5-11-8(2)9-6-4-7-10(13)12(9)14-11/h4,6-7,14H,3,5H2,1-2H3. The maximum Gasteiger partial charge on any atom is 0.0648 e. The van der Waals surface area contributed by atoms with Gasteiger partial charge in [0.1, 0.15) is 0 Å². The van der Waals surface area contributed by atoms with Crippen molar-refractivity contribution in [2.45, 2.75) is 26.7 Å². The lowest BCUT2D eigenvalue weighted by molar-refractivity contribution is 0.888. The van der Waals surface area contributed by atoms with Gasteiger partial charge in [-0.3, -0.25) is 0 Å². The Morgan fingerprint density at radius 3 is 2.79 bits per heavy atom. The molecule has 0 unspecified atom stereocenters. The molecule has 0 spiro atoms. The third-order valence-corrected chi connectivity index (χ3v) is 2.96. The molecule has 0 bridgehead atoms. The van der Waals surface area contributed by atoms with Crippen molar-refractivity contribution in [1.29, 1.82) is 0 Å². The van der Waals surface area contributed by atoms with Gasteiger partial charge in [-0.15, -0.1) is 0 Å². The Hall–Kier alpha value is -0.950. The molecule has 1 heterocycles. The van der Waals surface area contributed by atoms with E-state index in [1.165, 1.54) is 16.6 Å². The van der Waals surface area contributed by atoms with Gasteiger partial charge in [0, 0.05) is 11.1 Å². The van der Waals surface area contributed by atoms with E-state index < -0.39 is 0 Å². The van der Waals surface area contributed by atoms with Crippen LogP contribution in [0.4, 0.5) is 0 Å². The maximum absolute atomic E-state index is 6.11. The lowest BCUT2D eigenvalue weighted by Gasteiger charge is -1.94. The Bertz CT molecular complexity index is 457. The van der Waals surface area contributed by atoms with Crippen molar-refractivity contribution in [2.24, 2.45) is 0 Å². The molecule has 0 fully saturated rings. The van der Waals surface area contributed by atoms with Gasteiger partial charge in [-0.25, -0.2) is 0 Å². The van der Waals surface area contributed by atoms with Gasteiger partial charge in [0.2, 0.25) is 0 Å². The van der Waals surface area contributed by atoms with Gasteiger partial charge in [0.05, 0.1) is 10.5 Å². The van der Waals surface area contributed by atoms with Crippen molar-refractivity contribution in [3.05, 3.63) is 34.5 Å². The summed E-state index contributed by atoms with van der Waals surface area (Å²) in [7, 11) is 0. The number of halogens is 1. The first-order valence-electron chi connectivity index (χ1n) is 4.99. The first kappa shape index (κ1) is 9.60. The summed E-state index contributed by atoms with van der Waals surface area (Å²) in [6, 6.07) is 6.04. The molecule has 0 aliphatic rings. The van der Waals surface area contributed by atoms with Crippen LogP contribution in [0.15, 0.2) is 18.2 Å². The zero-order valence-electron chi connectivity index (χ0n) is 8.52. The molecule has 0 amide bonds. The van der Waals surface area contributed by atoms with E-state index in [-0.39, 0.29) is 0 Å². The third-order valence-electron chi connectivity index (χ3n) is 2.65. The first-order chi connectivity index (χ1) is 6.74. The highest BCUT2D eigenvalue weighted by Gasteiger charge is 2.08. The molecule has 0 saturated carbocycles. The van der Waals surface area contributed by atoms with E-state index in [9.17, 15) is 0 Å². The molecule has 1 aromatic heterocycles. The number of para-hydroxylation sites is 1. The molecule has 2 rings (SSSR count). The van der Waals surface area contributed by atoms with Crippen LogP contribution >= 0.6 is 11.6 Å². The number of rotatable bonds is 2. The van der Waals surface area contributed by atoms with Gasteiger partial charge in [-0.2, -0.15) is 0 Å². The number of nitrogens with one attached hydrogen (secondary N) is 1. The van der Waals surface area contributed by atoms with E-state index in [0.29, 0.717) is 0 Å². The highest BCUT2D eigenvalue weighted by molar-refractivity contribution is 6.35. The quantitative estimate of drug-likeness (QED) is 0.764. The minimum Gasteiger partial charge on any atom is -0.357 e. The van der Waals surface area contributed by atoms with Crippen LogP contribution in [-0.2, 0) is 6.42 Å². The molecule has 0 radical (unpaired) electrons. The van der Waals surface area contributed by atoms with Crippen molar-refractivity contribution < 1.29 is 0 Å². The molecular formula is C12H14ClN. The fourth-order valence-corrected chi connectivity index (χ4v) is 2.09. The van der Waals surface area contributed by atoms with E-state index in [2.05, 4.69) is 24.9 Å². The molecule has 1 aromatic carbocycles. The van der Waals surface area contributed by atoms with Gasteiger partial charge in [-0.1, -0.05) is 37.1 Å². The normalized spacial score (nSPS) is 11.1. The number of H-pyrrole nitrogens is 1. The Kier molecular flexibility index (Phi) is 2.51. The van der Waals surface area contributed by atoms with E-state index in [1.54, 1.807) is 0 Å². The molecule has 14 heavy (non-hydrogen) atoms. The number of hydrogen-bond acceptors (Lipinski definition) is 0. The zero-order valence-corrected chi connectivity index (χ0v) is 9.28. The van der Waals surface area contributed by atoms with Crippen LogP contribution in [0, 0.1) is 6.92 Å². The van der Waals surface area contributed by atoms with Crippen LogP contribution in [-0.4, -0.2) is 4.98 Å². The third kappa shape index (κ3) is 1.42. The minimum absolute atomic E-state index is 0.813. The second kappa shape index (κ2) is 3.66. The predicted molar refractivity (Wildman–Crippen MR) is 62.0 cm³/mol. The number of fused-ring (bicyclic) bond motifs is 1. The Morgan fingerprint density at radius 1 is 1.36 bits per heavy atom. The number of aromatic amines is 1. The molecule has 0 atom stereocenters. The predicted octanol–water partition coefficient (Wildman–Crippen LogP) is 4.08. The average molecular weight is 208 g/mol. The van der Waals surface area contributed by atoms with Crippen LogP contribution in [0.3, 0.4) is 0 Å². The van der Waals surface area contributed by atoms with Gasteiger partial charge in [0.25, 0.3) is 0 Å². The van der Waals surface area contributed by atoms with Crippen LogP contribution in [0.2, 0.25) is 5.02 Å². The SMILES string of the molecule is CCCc1[nH]c2c(Cl)cccc2c1C. The monoisotopic (exact) mass is 207 g/mol. The molecule has 0 saturated heterocycles. The maximum atomic E-state index is 6.11. The lowest BCUT2D eigenvalue weighted by Crippen LogP contribution is -1.84. The van der Waals surface area contributed by atoms with Crippen LogP contribution in [0.5, 0.6) is 0 Å². The number of benzene rings is 1. The van der Waals surface area contributed by atoms with E-state index in [1.807, 2.05) is 12.1 Å². The Labute approximate surface area is 89.1 Å². The lowest BCUT2D eigenvalue weighted by atomic mass is 10.1. The summed E-state index contributed by atoms with van der Waals surface area (Å²) in [5.74, 6) is 0. The number of aryl methyl sites for hydroxylation is 2. The molecule has 2 heteroatoms. The first-order valence-corrected chi connectivity index (χ1v) is 5.37. The fourth-order valence-electron chi connectivity index (χ4n) is 1.87. The molecule has 0 aliphatic heterocycles. The molecule has 1 N–H and O–H groups in total. The smallest absolute Gasteiger partial charge is 0.0648 e. The summed E-state index contributed by atoms with van der Waals surface area (Å²) in [5.41, 5.74) is 3.73. The average Bonchev–Trinajstić information content (AvgIpc) is 2.48. The van der Waals surface area contributed by atoms with Crippen molar-refractivity contribution in [3.8, 4) is 0 Å². The van der Waals surface area contributed by atoms with Crippen molar-refractivity contribution in [3.63, 3.8) is 0 Å². The van der Waals surface area contributed by atoms with Crippen molar-refractivity contribution in [1.82, 2.24) is 4.98 Å². The summed E-state index contributed by atoms with van der Waals surface area (Å²) < 4.78 is 0. The highest BCUT2D eigenvalue weighted by atomic mass is 35.5. The molecule has 2 aromatic rings. The summed E-state index contributed by atoms with van der Waals surface area (Å²) in [4.78, 5) is 3.40. The Balaban J connectivity index is 2.67. The zero-order chi connectivity index (χ0) is 10.1. The van der Waals surface area contributed by atoms with Gasteiger partial charge < -0.3 is 4.98 Å². The minimum atomic E-state index is 0.813. The fraction of sp³-hybridized carbons (Fsp3) is 0.333. The molecule has 0 aliphatic carbocycles. The number of aromatic nitrogens is 1. The Morgan fingerprint density at radius 2 is 2.14 bits per heavy atom. The molecule has 1 nitrogen and oxygen atoms in total. The second-order valence-electron chi connectivity index (χ2n) is 3.64. The second-order valence-corrected chi connectivity index (χ2v) is 4.05.